The molecule has 0 aromatic heterocycles. The molecular weight excluding hydrogens is 326 g/mol. The molecule has 1 heterocycles. The number of carbonyl (C=O) groups excluding carboxylic acids is 2. The van der Waals surface area contributed by atoms with Gasteiger partial charge in [0.1, 0.15) is 0 Å². The van der Waals surface area contributed by atoms with Crippen LogP contribution in [0, 0.1) is 0 Å². The Morgan fingerprint density at radius 2 is 1.85 bits per heavy atom. The maximum atomic E-state index is 12.3. The third-order valence-electron chi connectivity index (χ3n) is 5.30. The highest BCUT2D eigenvalue weighted by Crippen LogP contribution is 2.29. The first kappa shape index (κ1) is 17.0. The Labute approximate surface area is 153 Å². The van der Waals surface area contributed by atoms with Crippen molar-refractivity contribution < 1.29 is 9.59 Å². The molecule has 26 heavy (non-hydrogen) atoms. The lowest BCUT2D eigenvalue weighted by molar-refractivity contribution is -0.121. The predicted molar refractivity (Wildman–Crippen MR) is 102 cm³/mol. The van der Waals surface area contributed by atoms with Crippen LogP contribution in [0.25, 0.3) is 10.8 Å². The standard InChI is InChI=1S/C21H25N3O2/c25-20(23-18-10-12-24(14-18)19-7-8-19)9-11-22-21(26)17-6-5-15-3-1-2-4-16(15)13-17/h1-6,13,18-19H,7-12,14H2,(H,22,26)(H,23,25). The summed E-state index contributed by atoms with van der Waals surface area (Å²) in [6.45, 7) is 2.42. The molecule has 4 rings (SSSR count). The van der Waals surface area contributed by atoms with Gasteiger partial charge in [-0.25, -0.2) is 0 Å². The fourth-order valence-electron chi connectivity index (χ4n) is 3.70. The van der Waals surface area contributed by atoms with E-state index in [4.69, 9.17) is 0 Å². The molecule has 0 spiro atoms. The molecule has 1 atom stereocenters. The van der Waals surface area contributed by atoms with Crippen LogP contribution < -0.4 is 10.6 Å². The quantitative estimate of drug-likeness (QED) is 0.840. The number of rotatable bonds is 6. The highest BCUT2D eigenvalue weighted by molar-refractivity contribution is 5.98. The number of nitrogens with zero attached hydrogens (tertiary/aromatic N) is 1. The van der Waals surface area contributed by atoms with E-state index in [0.29, 0.717) is 18.5 Å². The number of nitrogens with one attached hydrogen (secondary N) is 2. The molecule has 1 saturated heterocycles. The Morgan fingerprint density at radius 1 is 1.04 bits per heavy atom. The molecule has 1 aliphatic heterocycles. The lowest BCUT2D eigenvalue weighted by Crippen LogP contribution is -2.39. The lowest BCUT2D eigenvalue weighted by Gasteiger charge is -2.15. The van der Waals surface area contributed by atoms with E-state index in [2.05, 4.69) is 15.5 Å². The van der Waals surface area contributed by atoms with E-state index in [9.17, 15) is 9.59 Å². The summed E-state index contributed by atoms with van der Waals surface area (Å²) < 4.78 is 0. The summed E-state index contributed by atoms with van der Waals surface area (Å²) in [4.78, 5) is 26.9. The van der Waals surface area contributed by atoms with Crippen molar-refractivity contribution in [1.29, 1.82) is 0 Å². The maximum Gasteiger partial charge on any atom is 0.251 e. The van der Waals surface area contributed by atoms with E-state index in [1.807, 2.05) is 42.5 Å². The Hall–Kier alpha value is -2.40. The zero-order chi connectivity index (χ0) is 17.9. The minimum absolute atomic E-state index is 0.0199. The van der Waals surface area contributed by atoms with Crippen molar-refractivity contribution in [1.82, 2.24) is 15.5 Å². The summed E-state index contributed by atoms with van der Waals surface area (Å²) in [5.41, 5.74) is 0.625. The number of likely N-dealkylation sites (tertiary alicyclic amines) is 1. The second kappa shape index (κ2) is 7.46. The maximum absolute atomic E-state index is 12.3. The van der Waals surface area contributed by atoms with Gasteiger partial charge in [0.2, 0.25) is 5.91 Å². The smallest absolute Gasteiger partial charge is 0.251 e. The SMILES string of the molecule is O=C(CCNC(=O)c1ccc2ccccc2c1)NC1CCN(C2CC2)C1. The van der Waals surface area contributed by atoms with Crippen LogP contribution in [-0.4, -0.2) is 48.4 Å². The molecule has 0 bridgehead atoms. The van der Waals surface area contributed by atoms with E-state index < -0.39 is 0 Å². The van der Waals surface area contributed by atoms with Crippen molar-refractivity contribution in [2.24, 2.45) is 0 Å². The van der Waals surface area contributed by atoms with Crippen molar-refractivity contribution in [2.75, 3.05) is 19.6 Å². The summed E-state index contributed by atoms with van der Waals surface area (Å²) in [5, 5.41) is 8.10. The molecule has 2 amide bonds. The molecule has 136 valence electrons. The molecular formula is C21H25N3O2. The fourth-order valence-corrected chi connectivity index (χ4v) is 3.70. The second-order valence-corrected chi connectivity index (χ2v) is 7.35. The van der Waals surface area contributed by atoms with Crippen LogP contribution in [0.5, 0.6) is 0 Å². The highest BCUT2D eigenvalue weighted by atomic mass is 16.2. The van der Waals surface area contributed by atoms with Gasteiger partial charge in [0.05, 0.1) is 0 Å². The van der Waals surface area contributed by atoms with Crippen LogP contribution in [-0.2, 0) is 4.79 Å². The third-order valence-corrected chi connectivity index (χ3v) is 5.30. The third kappa shape index (κ3) is 4.05. The Bertz CT molecular complexity index is 816. The number of benzene rings is 2. The topological polar surface area (TPSA) is 61.4 Å². The van der Waals surface area contributed by atoms with Gasteiger partial charge in [0.25, 0.3) is 5.91 Å². The summed E-state index contributed by atoms with van der Waals surface area (Å²) in [6.07, 6.45) is 3.97. The Kier molecular flexibility index (Phi) is 4.89. The molecule has 2 aliphatic rings. The zero-order valence-corrected chi connectivity index (χ0v) is 14.9. The molecule has 1 unspecified atom stereocenters. The molecule has 5 heteroatoms. The van der Waals surface area contributed by atoms with E-state index >= 15 is 0 Å². The van der Waals surface area contributed by atoms with Gasteiger partial charge in [0.15, 0.2) is 0 Å². The van der Waals surface area contributed by atoms with Crippen LogP contribution in [0.2, 0.25) is 0 Å². The van der Waals surface area contributed by atoms with Crippen LogP contribution in [0.4, 0.5) is 0 Å². The van der Waals surface area contributed by atoms with Crippen molar-refractivity contribution >= 4 is 22.6 Å². The van der Waals surface area contributed by atoms with E-state index in [0.717, 1.165) is 36.3 Å². The summed E-state index contributed by atoms with van der Waals surface area (Å²) >= 11 is 0. The fraction of sp³-hybridized carbons (Fsp3) is 0.429. The molecule has 2 N–H and O–H groups in total. The summed E-state index contributed by atoms with van der Waals surface area (Å²) in [5.74, 6) is -0.115. The first-order valence-electron chi connectivity index (χ1n) is 9.49. The molecule has 2 aromatic rings. The summed E-state index contributed by atoms with van der Waals surface area (Å²) in [7, 11) is 0. The van der Waals surface area contributed by atoms with E-state index in [-0.39, 0.29) is 17.9 Å². The average Bonchev–Trinajstić information content (AvgIpc) is 3.41. The average molecular weight is 351 g/mol. The van der Waals surface area contributed by atoms with Gasteiger partial charge in [-0.2, -0.15) is 0 Å². The minimum atomic E-state index is -0.135. The predicted octanol–water partition coefficient (Wildman–Crippen LogP) is 2.31. The largest absolute Gasteiger partial charge is 0.352 e. The molecule has 0 radical (unpaired) electrons. The van der Waals surface area contributed by atoms with Crippen molar-refractivity contribution in [2.45, 2.75) is 37.8 Å². The normalized spacial score (nSPS) is 20.2. The monoisotopic (exact) mass is 351 g/mol. The number of hydrogen-bond donors (Lipinski definition) is 2. The number of amides is 2. The molecule has 1 aliphatic carbocycles. The van der Waals surface area contributed by atoms with Crippen LogP contribution in [0.1, 0.15) is 36.0 Å². The molecule has 1 saturated carbocycles. The van der Waals surface area contributed by atoms with Gasteiger partial charge in [-0.1, -0.05) is 30.3 Å². The highest BCUT2D eigenvalue weighted by Gasteiger charge is 2.34. The Balaban J connectivity index is 1.22. The molecule has 5 nitrogen and oxygen atoms in total. The van der Waals surface area contributed by atoms with Gasteiger partial charge in [-0.15, -0.1) is 0 Å². The van der Waals surface area contributed by atoms with Crippen LogP contribution in [0.15, 0.2) is 42.5 Å². The van der Waals surface area contributed by atoms with Crippen LogP contribution in [0.3, 0.4) is 0 Å². The zero-order valence-electron chi connectivity index (χ0n) is 14.9. The number of fused-ring (bicyclic) bond motifs is 1. The van der Waals surface area contributed by atoms with Gasteiger partial charge in [0, 0.05) is 43.7 Å². The van der Waals surface area contributed by atoms with Gasteiger partial charge in [-0.3, -0.25) is 14.5 Å². The lowest BCUT2D eigenvalue weighted by atomic mass is 10.1. The van der Waals surface area contributed by atoms with Crippen molar-refractivity contribution in [3.05, 3.63) is 48.0 Å². The molecule has 2 aromatic carbocycles. The number of carbonyl (C=O) groups is 2. The van der Waals surface area contributed by atoms with Crippen LogP contribution >= 0.6 is 0 Å². The first-order chi connectivity index (χ1) is 12.7. The van der Waals surface area contributed by atoms with E-state index in [1.54, 1.807) is 0 Å². The molecule has 2 fully saturated rings. The van der Waals surface area contributed by atoms with E-state index in [1.165, 1.54) is 12.8 Å². The van der Waals surface area contributed by atoms with Gasteiger partial charge in [-0.05, 0) is 42.2 Å². The summed E-state index contributed by atoms with van der Waals surface area (Å²) in [6, 6.07) is 14.6. The first-order valence-corrected chi connectivity index (χ1v) is 9.49. The Morgan fingerprint density at radius 3 is 2.65 bits per heavy atom. The second-order valence-electron chi connectivity index (χ2n) is 7.35. The number of hydrogen-bond acceptors (Lipinski definition) is 3. The minimum Gasteiger partial charge on any atom is -0.352 e. The van der Waals surface area contributed by atoms with Crippen molar-refractivity contribution in [3.63, 3.8) is 0 Å². The van der Waals surface area contributed by atoms with Gasteiger partial charge < -0.3 is 10.6 Å². The van der Waals surface area contributed by atoms with Gasteiger partial charge >= 0.3 is 0 Å². The van der Waals surface area contributed by atoms with Crippen molar-refractivity contribution in [3.8, 4) is 0 Å².